The Labute approximate surface area is 152 Å². The fourth-order valence-electron chi connectivity index (χ4n) is 2.31. The molecule has 1 amide bonds. The lowest BCUT2D eigenvalue weighted by Crippen LogP contribution is -2.25. The number of fused-ring (bicyclic) bond motifs is 1. The molecule has 2 aromatic carbocycles. The van der Waals surface area contributed by atoms with Crippen LogP contribution in [0.1, 0.15) is 15.9 Å². The highest BCUT2D eigenvalue weighted by atomic mass is 79.9. The number of anilines is 1. The molecule has 0 atom stereocenters. The van der Waals surface area contributed by atoms with Crippen molar-refractivity contribution >= 4 is 39.3 Å². The summed E-state index contributed by atoms with van der Waals surface area (Å²) >= 11 is 3.32. The second-order valence-electron chi connectivity index (χ2n) is 5.43. The van der Waals surface area contributed by atoms with E-state index in [1.807, 2.05) is 12.1 Å². The molecule has 1 aliphatic heterocycles. The fourth-order valence-corrected chi connectivity index (χ4v) is 2.57. The Morgan fingerprint density at radius 2 is 1.92 bits per heavy atom. The maximum atomic E-state index is 12.2. The average molecular weight is 404 g/mol. The van der Waals surface area contributed by atoms with Gasteiger partial charge in [-0.15, -0.1) is 0 Å². The van der Waals surface area contributed by atoms with Crippen molar-refractivity contribution in [1.82, 2.24) is 0 Å². The van der Waals surface area contributed by atoms with E-state index in [4.69, 9.17) is 9.47 Å². The van der Waals surface area contributed by atoms with Crippen molar-refractivity contribution in [3.63, 3.8) is 0 Å². The van der Waals surface area contributed by atoms with Gasteiger partial charge in [0.25, 0.3) is 5.91 Å². The van der Waals surface area contributed by atoms with Gasteiger partial charge in [0, 0.05) is 10.0 Å². The van der Waals surface area contributed by atoms with Crippen molar-refractivity contribution in [2.24, 2.45) is 0 Å². The van der Waals surface area contributed by atoms with Crippen molar-refractivity contribution in [1.29, 1.82) is 0 Å². The van der Waals surface area contributed by atoms with E-state index in [0.717, 1.165) is 10.0 Å². The lowest BCUT2D eigenvalue weighted by Gasteiger charge is -2.18. The number of halogens is 1. The van der Waals surface area contributed by atoms with Crippen LogP contribution in [0.5, 0.6) is 5.75 Å². The van der Waals surface area contributed by atoms with Gasteiger partial charge in [0.15, 0.2) is 19.0 Å². The largest absolute Gasteiger partial charge is 0.482 e. The summed E-state index contributed by atoms with van der Waals surface area (Å²) in [6.07, 6.45) is 0.0919. The van der Waals surface area contributed by atoms with Crippen molar-refractivity contribution in [2.75, 3.05) is 18.5 Å². The molecule has 0 saturated carbocycles. The first-order chi connectivity index (χ1) is 12.0. The molecule has 6 nitrogen and oxygen atoms in total. The lowest BCUT2D eigenvalue weighted by atomic mass is 10.1. The zero-order valence-corrected chi connectivity index (χ0v) is 14.7. The van der Waals surface area contributed by atoms with Crippen molar-refractivity contribution in [2.45, 2.75) is 6.42 Å². The quantitative estimate of drug-likeness (QED) is 0.612. The summed E-state index contributed by atoms with van der Waals surface area (Å²) < 4.78 is 11.2. The van der Waals surface area contributed by atoms with Crippen LogP contribution in [-0.4, -0.2) is 30.9 Å². The first-order valence-electron chi connectivity index (χ1n) is 7.51. The van der Waals surface area contributed by atoms with Gasteiger partial charge < -0.3 is 14.8 Å². The van der Waals surface area contributed by atoms with E-state index in [1.165, 1.54) is 6.07 Å². The van der Waals surface area contributed by atoms with E-state index in [9.17, 15) is 14.4 Å². The number of ketones is 1. The zero-order valence-electron chi connectivity index (χ0n) is 13.1. The Morgan fingerprint density at radius 3 is 2.68 bits per heavy atom. The van der Waals surface area contributed by atoms with Gasteiger partial charge in [-0.2, -0.15) is 0 Å². The molecule has 1 aliphatic rings. The Bertz CT molecular complexity index is 832. The molecular weight excluding hydrogens is 390 g/mol. The van der Waals surface area contributed by atoms with Crippen molar-refractivity contribution < 1.29 is 23.9 Å². The maximum absolute atomic E-state index is 12.2. The molecule has 3 rings (SSSR count). The first kappa shape index (κ1) is 17.2. The monoisotopic (exact) mass is 403 g/mol. The van der Waals surface area contributed by atoms with E-state index in [1.54, 1.807) is 24.3 Å². The minimum absolute atomic E-state index is 0.0477. The van der Waals surface area contributed by atoms with E-state index in [2.05, 4.69) is 21.2 Å². The number of amides is 1. The predicted octanol–water partition coefficient (Wildman–Crippen LogP) is 2.75. The molecule has 25 heavy (non-hydrogen) atoms. The molecule has 7 heteroatoms. The standard InChI is InChI=1S/C18H14BrNO5/c19-13-4-1-11(2-5-13)7-18(23)25-9-15(21)12-3-6-16-14(8-12)20-17(22)10-24-16/h1-6,8H,7,9-10H2,(H,20,22). The minimum atomic E-state index is -0.481. The smallest absolute Gasteiger partial charge is 0.310 e. The third-order valence-electron chi connectivity index (χ3n) is 3.56. The summed E-state index contributed by atoms with van der Waals surface area (Å²) in [5, 5.41) is 2.63. The number of esters is 1. The second-order valence-corrected chi connectivity index (χ2v) is 6.35. The number of ether oxygens (including phenoxy) is 2. The summed E-state index contributed by atoms with van der Waals surface area (Å²) in [5.74, 6) is -0.613. The number of benzene rings is 2. The zero-order chi connectivity index (χ0) is 17.8. The molecule has 1 N–H and O–H groups in total. The third-order valence-corrected chi connectivity index (χ3v) is 4.09. The van der Waals surface area contributed by atoms with Gasteiger partial charge in [-0.05, 0) is 35.9 Å². The van der Waals surface area contributed by atoms with Crippen LogP contribution in [0.15, 0.2) is 46.9 Å². The molecule has 1 heterocycles. The van der Waals surface area contributed by atoms with E-state index in [0.29, 0.717) is 17.0 Å². The summed E-state index contributed by atoms with van der Waals surface area (Å²) in [5.41, 5.74) is 1.57. The summed E-state index contributed by atoms with van der Waals surface area (Å²) in [4.78, 5) is 35.3. The topological polar surface area (TPSA) is 81.7 Å². The third kappa shape index (κ3) is 4.45. The van der Waals surface area contributed by atoms with Gasteiger partial charge in [0.05, 0.1) is 12.1 Å². The van der Waals surface area contributed by atoms with Crippen LogP contribution in [0.2, 0.25) is 0 Å². The number of nitrogens with one attached hydrogen (secondary N) is 1. The van der Waals surface area contributed by atoms with Gasteiger partial charge in [-0.25, -0.2) is 0 Å². The molecule has 0 spiro atoms. The maximum Gasteiger partial charge on any atom is 0.310 e. The molecule has 2 aromatic rings. The van der Waals surface area contributed by atoms with E-state index < -0.39 is 5.97 Å². The lowest BCUT2D eigenvalue weighted by molar-refractivity contribution is -0.141. The van der Waals surface area contributed by atoms with Gasteiger partial charge in [0.2, 0.25) is 0 Å². The molecule has 0 saturated heterocycles. The Hall–Kier alpha value is -2.67. The van der Waals surface area contributed by atoms with Crippen LogP contribution in [0, 0.1) is 0 Å². The summed E-state index contributed by atoms with van der Waals surface area (Å²) in [6, 6.07) is 12.0. The number of Topliss-reactive ketones (excluding diaryl/α,β-unsaturated/α-hetero) is 1. The molecule has 0 unspecified atom stereocenters. The van der Waals surface area contributed by atoms with Crippen molar-refractivity contribution in [3.05, 3.63) is 58.1 Å². The van der Waals surface area contributed by atoms with Crippen LogP contribution in [0.25, 0.3) is 0 Å². The minimum Gasteiger partial charge on any atom is -0.482 e. The van der Waals surface area contributed by atoms with Crippen molar-refractivity contribution in [3.8, 4) is 5.75 Å². The second kappa shape index (κ2) is 7.48. The van der Waals surface area contributed by atoms with E-state index >= 15 is 0 Å². The highest BCUT2D eigenvalue weighted by Gasteiger charge is 2.18. The van der Waals surface area contributed by atoms with Crippen LogP contribution in [0.4, 0.5) is 5.69 Å². The number of hydrogen-bond acceptors (Lipinski definition) is 5. The van der Waals surface area contributed by atoms with Crippen LogP contribution >= 0.6 is 15.9 Å². The number of carbonyl (C=O) groups excluding carboxylic acids is 3. The highest BCUT2D eigenvalue weighted by Crippen LogP contribution is 2.28. The van der Waals surface area contributed by atoms with Gasteiger partial charge >= 0.3 is 5.97 Å². The predicted molar refractivity (Wildman–Crippen MR) is 93.7 cm³/mol. The summed E-state index contributed by atoms with van der Waals surface area (Å²) in [6.45, 7) is -0.406. The first-order valence-corrected chi connectivity index (χ1v) is 8.30. The molecule has 0 bridgehead atoms. The molecule has 0 radical (unpaired) electrons. The van der Waals surface area contributed by atoms with Gasteiger partial charge in [-0.1, -0.05) is 28.1 Å². The molecular formula is C18H14BrNO5. The van der Waals surface area contributed by atoms with Gasteiger partial charge in [-0.3, -0.25) is 14.4 Å². The highest BCUT2D eigenvalue weighted by molar-refractivity contribution is 9.10. The normalized spacial score (nSPS) is 12.6. The molecule has 128 valence electrons. The Kier molecular flexibility index (Phi) is 5.14. The van der Waals surface area contributed by atoms with Crippen LogP contribution in [-0.2, 0) is 20.7 Å². The molecule has 0 fully saturated rings. The van der Waals surface area contributed by atoms with Crippen LogP contribution < -0.4 is 10.1 Å². The van der Waals surface area contributed by atoms with Crippen LogP contribution in [0.3, 0.4) is 0 Å². The summed E-state index contributed by atoms with van der Waals surface area (Å²) in [7, 11) is 0. The Morgan fingerprint density at radius 1 is 1.16 bits per heavy atom. The molecule has 0 aromatic heterocycles. The number of hydrogen-bond donors (Lipinski definition) is 1. The SMILES string of the molecule is O=C1COc2ccc(C(=O)COC(=O)Cc3ccc(Br)cc3)cc2N1. The Balaban J connectivity index is 1.57. The number of carbonyl (C=O) groups is 3. The average Bonchev–Trinajstić information content (AvgIpc) is 2.61. The fraction of sp³-hybridized carbons (Fsp3) is 0.167. The number of rotatable bonds is 5. The van der Waals surface area contributed by atoms with Gasteiger partial charge in [0.1, 0.15) is 5.75 Å². The van der Waals surface area contributed by atoms with E-state index in [-0.39, 0.29) is 31.3 Å². The molecule has 0 aliphatic carbocycles.